The summed E-state index contributed by atoms with van der Waals surface area (Å²) in [5.74, 6) is 1.73. The number of hydrogen-bond acceptors (Lipinski definition) is 1. The summed E-state index contributed by atoms with van der Waals surface area (Å²) >= 11 is 0. The molecular weight excluding hydrogens is 160 g/mol. The molecule has 1 heteroatoms. The molecule has 0 bridgehead atoms. The summed E-state index contributed by atoms with van der Waals surface area (Å²) in [6.45, 7) is 13.5. The first-order valence-electron chi connectivity index (χ1n) is 5.05. The van der Waals surface area contributed by atoms with Crippen LogP contribution in [-0.4, -0.2) is 6.61 Å². The second-order valence-electron chi connectivity index (χ2n) is 4.26. The zero-order chi connectivity index (χ0) is 10.1. The molecule has 74 valence electrons. The van der Waals surface area contributed by atoms with E-state index < -0.39 is 0 Å². The Hall–Kier alpha value is -0.720. The molecule has 0 aliphatic carbocycles. The van der Waals surface area contributed by atoms with E-state index in [4.69, 9.17) is 4.74 Å². The summed E-state index contributed by atoms with van der Waals surface area (Å²) < 4.78 is 5.69. The van der Waals surface area contributed by atoms with Gasteiger partial charge in [-0.2, -0.15) is 0 Å². The van der Waals surface area contributed by atoms with E-state index >= 15 is 0 Å². The molecule has 0 N–H and O–H groups in total. The van der Waals surface area contributed by atoms with Gasteiger partial charge in [0, 0.05) is 11.8 Å². The molecule has 1 heterocycles. The number of hydrogen-bond donors (Lipinski definition) is 0. The highest BCUT2D eigenvalue weighted by Crippen LogP contribution is 2.42. The van der Waals surface area contributed by atoms with Crippen LogP contribution in [0.4, 0.5) is 0 Å². The van der Waals surface area contributed by atoms with Gasteiger partial charge in [0.1, 0.15) is 6.61 Å². The average Bonchev–Trinajstić information content (AvgIpc) is 2.43. The van der Waals surface area contributed by atoms with E-state index in [9.17, 15) is 0 Å². The summed E-state index contributed by atoms with van der Waals surface area (Å²) in [5.41, 5.74) is 1.50. The molecule has 0 fully saturated rings. The Morgan fingerprint density at radius 1 is 1.62 bits per heavy atom. The minimum atomic E-state index is 0.0690. The lowest BCUT2D eigenvalue weighted by atomic mass is 9.78. The molecule has 1 aliphatic heterocycles. The summed E-state index contributed by atoms with van der Waals surface area (Å²) in [6, 6.07) is 0. The fourth-order valence-corrected chi connectivity index (χ4v) is 2.15. The zero-order valence-corrected chi connectivity index (χ0v) is 9.18. The van der Waals surface area contributed by atoms with Crippen LogP contribution in [0, 0.1) is 11.3 Å². The van der Waals surface area contributed by atoms with E-state index in [1.807, 2.05) is 6.08 Å². The highest BCUT2D eigenvalue weighted by Gasteiger charge is 2.36. The van der Waals surface area contributed by atoms with E-state index in [2.05, 4.69) is 34.3 Å². The highest BCUT2D eigenvalue weighted by atomic mass is 16.5. The first-order valence-corrected chi connectivity index (χ1v) is 5.05. The van der Waals surface area contributed by atoms with E-state index in [0.717, 1.165) is 13.0 Å². The van der Waals surface area contributed by atoms with Gasteiger partial charge in [-0.1, -0.05) is 26.8 Å². The van der Waals surface area contributed by atoms with E-state index in [1.165, 1.54) is 11.3 Å². The molecule has 1 aliphatic rings. The van der Waals surface area contributed by atoms with Crippen LogP contribution in [0.1, 0.15) is 34.1 Å². The van der Waals surface area contributed by atoms with Gasteiger partial charge in [-0.25, -0.2) is 0 Å². The number of allylic oxidation sites excluding steroid dienone is 1. The van der Waals surface area contributed by atoms with Gasteiger partial charge in [-0.15, -0.1) is 6.58 Å². The average molecular weight is 180 g/mol. The van der Waals surface area contributed by atoms with Crippen molar-refractivity contribution in [2.75, 3.05) is 6.61 Å². The van der Waals surface area contributed by atoms with Gasteiger partial charge >= 0.3 is 0 Å². The van der Waals surface area contributed by atoms with Crippen LogP contribution in [0.5, 0.6) is 0 Å². The predicted molar refractivity (Wildman–Crippen MR) is 56.4 cm³/mol. The maximum atomic E-state index is 5.69. The normalized spacial score (nSPS) is 28.1. The van der Waals surface area contributed by atoms with Crippen molar-refractivity contribution < 1.29 is 4.74 Å². The Kier molecular flexibility index (Phi) is 2.84. The molecule has 13 heavy (non-hydrogen) atoms. The third-order valence-corrected chi connectivity index (χ3v) is 2.81. The third-order valence-electron chi connectivity index (χ3n) is 2.81. The van der Waals surface area contributed by atoms with Gasteiger partial charge in [0.05, 0.1) is 5.76 Å². The van der Waals surface area contributed by atoms with Crippen molar-refractivity contribution in [2.24, 2.45) is 11.3 Å². The number of ether oxygens (including phenoxy) is 1. The summed E-state index contributed by atoms with van der Waals surface area (Å²) in [6.07, 6.45) is 3.02. The molecule has 0 spiro atoms. The molecule has 1 unspecified atom stereocenters. The maximum Gasteiger partial charge on any atom is 0.100 e. The van der Waals surface area contributed by atoms with Crippen molar-refractivity contribution in [3.05, 3.63) is 24.0 Å². The number of rotatable bonds is 3. The molecule has 0 radical (unpaired) electrons. The van der Waals surface area contributed by atoms with Gasteiger partial charge < -0.3 is 4.74 Å². The predicted octanol–water partition coefficient (Wildman–Crippen LogP) is 3.53. The lowest BCUT2D eigenvalue weighted by molar-refractivity contribution is 0.192. The standard InChI is InChI=1S/C12H20O/c1-6-10-11(9(3)4)12(5,7-2)8-13-10/h7,9H,2,6,8H2,1,3-5H3. The van der Waals surface area contributed by atoms with Crippen molar-refractivity contribution in [3.8, 4) is 0 Å². The fourth-order valence-electron chi connectivity index (χ4n) is 2.15. The van der Waals surface area contributed by atoms with Crippen molar-refractivity contribution in [3.63, 3.8) is 0 Å². The van der Waals surface area contributed by atoms with Crippen LogP contribution in [0.3, 0.4) is 0 Å². The van der Waals surface area contributed by atoms with Crippen LogP contribution in [-0.2, 0) is 4.74 Å². The smallest absolute Gasteiger partial charge is 0.100 e. The topological polar surface area (TPSA) is 9.23 Å². The maximum absolute atomic E-state index is 5.69. The molecule has 0 saturated carbocycles. The lowest BCUT2D eigenvalue weighted by Gasteiger charge is -2.23. The molecule has 0 amide bonds. The van der Waals surface area contributed by atoms with Crippen LogP contribution in [0.2, 0.25) is 0 Å². The Morgan fingerprint density at radius 2 is 2.23 bits per heavy atom. The molecule has 0 aromatic rings. The van der Waals surface area contributed by atoms with Crippen molar-refractivity contribution >= 4 is 0 Å². The summed E-state index contributed by atoms with van der Waals surface area (Å²) in [4.78, 5) is 0. The molecule has 1 nitrogen and oxygen atoms in total. The van der Waals surface area contributed by atoms with Crippen LogP contribution in [0.15, 0.2) is 24.0 Å². The Labute approximate surface area is 81.5 Å². The fraction of sp³-hybridized carbons (Fsp3) is 0.667. The third kappa shape index (κ3) is 1.65. The van der Waals surface area contributed by atoms with E-state index in [-0.39, 0.29) is 5.41 Å². The Morgan fingerprint density at radius 3 is 2.62 bits per heavy atom. The largest absolute Gasteiger partial charge is 0.497 e. The van der Waals surface area contributed by atoms with Crippen LogP contribution in [0.25, 0.3) is 0 Å². The van der Waals surface area contributed by atoms with Crippen molar-refractivity contribution in [1.29, 1.82) is 0 Å². The van der Waals surface area contributed by atoms with Gasteiger partial charge in [-0.05, 0) is 18.4 Å². The quantitative estimate of drug-likeness (QED) is 0.604. The molecule has 0 saturated heterocycles. The first kappa shape index (κ1) is 10.4. The minimum absolute atomic E-state index is 0.0690. The highest BCUT2D eigenvalue weighted by molar-refractivity contribution is 5.28. The van der Waals surface area contributed by atoms with E-state index in [0.29, 0.717) is 5.92 Å². The van der Waals surface area contributed by atoms with E-state index in [1.54, 1.807) is 0 Å². The molecule has 0 aromatic carbocycles. The van der Waals surface area contributed by atoms with Crippen LogP contribution >= 0.6 is 0 Å². The summed E-state index contributed by atoms with van der Waals surface area (Å²) in [7, 11) is 0. The second kappa shape index (κ2) is 3.57. The molecular formula is C12H20O. The van der Waals surface area contributed by atoms with Gasteiger partial charge in [0.25, 0.3) is 0 Å². The zero-order valence-electron chi connectivity index (χ0n) is 9.18. The second-order valence-corrected chi connectivity index (χ2v) is 4.26. The van der Waals surface area contributed by atoms with Gasteiger partial charge in [0.2, 0.25) is 0 Å². The van der Waals surface area contributed by atoms with Crippen molar-refractivity contribution in [1.82, 2.24) is 0 Å². The molecule has 1 atom stereocenters. The van der Waals surface area contributed by atoms with Crippen LogP contribution < -0.4 is 0 Å². The monoisotopic (exact) mass is 180 g/mol. The van der Waals surface area contributed by atoms with Gasteiger partial charge in [0.15, 0.2) is 0 Å². The molecule has 0 aromatic heterocycles. The Bertz CT molecular complexity index is 238. The Balaban J connectivity index is 3.07. The van der Waals surface area contributed by atoms with Gasteiger partial charge in [-0.3, -0.25) is 0 Å². The minimum Gasteiger partial charge on any atom is -0.497 e. The first-order chi connectivity index (χ1) is 6.05. The SMILES string of the molecule is C=CC1(C)COC(CC)=C1C(C)C. The lowest BCUT2D eigenvalue weighted by Crippen LogP contribution is -2.19. The van der Waals surface area contributed by atoms with Crippen molar-refractivity contribution in [2.45, 2.75) is 34.1 Å². The molecule has 1 rings (SSSR count). The summed E-state index contributed by atoms with van der Waals surface area (Å²) in [5, 5.41) is 0.